The van der Waals surface area contributed by atoms with Crippen molar-refractivity contribution in [1.29, 1.82) is 0 Å². The van der Waals surface area contributed by atoms with Gasteiger partial charge < -0.3 is 15.2 Å². The van der Waals surface area contributed by atoms with Gasteiger partial charge in [0, 0.05) is 6.42 Å². The highest BCUT2D eigenvalue weighted by Gasteiger charge is 2.20. The van der Waals surface area contributed by atoms with Crippen molar-refractivity contribution in [1.82, 2.24) is 5.32 Å². The van der Waals surface area contributed by atoms with Gasteiger partial charge in [-0.25, -0.2) is 18.0 Å². The van der Waals surface area contributed by atoms with Crippen LogP contribution in [0.4, 0.5) is 13.2 Å². The Bertz CT molecular complexity index is 796. The Morgan fingerprint density at radius 1 is 1.04 bits per heavy atom. The van der Waals surface area contributed by atoms with Gasteiger partial charge >= 0.3 is 5.97 Å². The number of aryl methyl sites for hydroxylation is 1. The largest absolute Gasteiger partial charge is 0.478 e. The molecular formula is C19H18F3NO4. The van der Waals surface area contributed by atoms with E-state index in [4.69, 9.17) is 9.84 Å². The fraction of sp³-hybridized carbons (Fsp3) is 0.263. The molecule has 0 heterocycles. The highest BCUT2D eigenvalue weighted by Crippen LogP contribution is 2.13. The molecule has 2 aromatic carbocycles. The summed E-state index contributed by atoms with van der Waals surface area (Å²) in [6, 6.07) is 8.37. The van der Waals surface area contributed by atoms with E-state index in [0.717, 1.165) is 24.3 Å². The standard InChI is InChI=1S/C19H18F3NO4/c20-13-5-7-14(8-6-13)27-17(19(25)26)11-23-18(24)3-1-2-12-4-9-15(21)16(22)10-12/h4-10,17H,1-3,11H2,(H,23,24)(H,25,26). The molecule has 1 unspecified atom stereocenters. The third-order valence-electron chi connectivity index (χ3n) is 3.71. The Morgan fingerprint density at radius 3 is 2.37 bits per heavy atom. The molecule has 0 aliphatic rings. The molecule has 0 aliphatic carbocycles. The fourth-order valence-corrected chi connectivity index (χ4v) is 2.30. The number of carbonyl (C=O) groups excluding carboxylic acids is 1. The van der Waals surface area contributed by atoms with E-state index in [1.54, 1.807) is 0 Å². The number of amides is 1. The van der Waals surface area contributed by atoms with E-state index >= 15 is 0 Å². The second-order valence-electron chi connectivity index (χ2n) is 5.80. The second kappa shape index (κ2) is 9.61. The molecule has 0 radical (unpaired) electrons. The van der Waals surface area contributed by atoms with Gasteiger partial charge in [-0.15, -0.1) is 0 Å². The van der Waals surface area contributed by atoms with Crippen LogP contribution in [-0.2, 0) is 16.0 Å². The molecule has 2 aromatic rings. The topological polar surface area (TPSA) is 75.6 Å². The number of nitrogens with one attached hydrogen (secondary N) is 1. The van der Waals surface area contributed by atoms with E-state index < -0.39 is 35.4 Å². The van der Waals surface area contributed by atoms with Gasteiger partial charge in [-0.05, 0) is 54.8 Å². The van der Waals surface area contributed by atoms with Crippen LogP contribution in [0.3, 0.4) is 0 Å². The van der Waals surface area contributed by atoms with Crippen LogP contribution < -0.4 is 10.1 Å². The molecule has 2 N–H and O–H groups in total. The first-order chi connectivity index (χ1) is 12.8. The Labute approximate surface area is 153 Å². The van der Waals surface area contributed by atoms with E-state index in [-0.39, 0.29) is 18.7 Å². The Hall–Kier alpha value is -3.03. The third-order valence-corrected chi connectivity index (χ3v) is 3.71. The maximum atomic E-state index is 13.1. The molecule has 0 bridgehead atoms. The maximum absolute atomic E-state index is 13.1. The molecule has 0 fully saturated rings. The summed E-state index contributed by atoms with van der Waals surface area (Å²) in [7, 11) is 0. The average molecular weight is 381 g/mol. The number of aliphatic carboxylic acids is 1. The van der Waals surface area contributed by atoms with Gasteiger partial charge in [0.05, 0.1) is 6.54 Å². The van der Waals surface area contributed by atoms with Crippen LogP contribution in [-0.4, -0.2) is 29.6 Å². The SMILES string of the molecule is O=C(CCCc1ccc(F)c(F)c1)NCC(Oc1ccc(F)cc1)C(=O)O. The lowest BCUT2D eigenvalue weighted by Gasteiger charge is -2.16. The van der Waals surface area contributed by atoms with E-state index in [2.05, 4.69) is 5.32 Å². The Morgan fingerprint density at radius 2 is 1.74 bits per heavy atom. The second-order valence-corrected chi connectivity index (χ2v) is 5.80. The number of carboxylic acids is 1. The monoisotopic (exact) mass is 381 g/mol. The summed E-state index contributed by atoms with van der Waals surface area (Å²) in [5.74, 6) is -3.87. The Kier molecular flexibility index (Phi) is 7.22. The first-order valence-electron chi connectivity index (χ1n) is 8.21. The molecule has 1 amide bonds. The molecule has 2 rings (SSSR count). The van der Waals surface area contributed by atoms with Gasteiger partial charge in [-0.1, -0.05) is 6.07 Å². The van der Waals surface area contributed by atoms with Crippen molar-refractivity contribution in [2.24, 2.45) is 0 Å². The molecule has 1 atom stereocenters. The van der Waals surface area contributed by atoms with E-state index in [1.165, 1.54) is 18.2 Å². The minimum atomic E-state index is -1.33. The van der Waals surface area contributed by atoms with Crippen LogP contribution >= 0.6 is 0 Å². The summed E-state index contributed by atoms with van der Waals surface area (Å²) in [4.78, 5) is 23.1. The van der Waals surface area contributed by atoms with Crippen LogP contribution in [0.15, 0.2) is 42.5 Å². The number of carbonyl (C=O) groups is 2. The average Bonchev–Trinajstić information content (AvgIpc) is 2.63. The van der Waals surface area contributed by atoms with Crippen LogP contribution in [0.1, 0.15) is 18.4 Å². The zero-order valence-electron chi connectivity index (χ0n) is 14.3. The minimum Gasteiger partial charge on any atom is -0.478 e. The summed E-state index contributed by atoms with van der Waals surface area (Å²) >= 11 is 0. The van der Waals surface area contributed by atoms with Crippen LogP contribution in [0.2, 0.25) is 0 Å². The van der Waals surface area contributed by atoms with Crippen molar-refractivity contribution in [3.63, 3.8) is 0 Å². The molecule has 0 saturated carbocycles. The lowest BCUT2D eigenvalue weighted by molar-refractivity contribution is -0.145. The van der Waals surface area contributed by atoms with Crippen LogP contribution in [0.25, 0.3) is 0 Å². The predicted molar refractivity (Wildman–Crippen MR) is 90.8 cm³/mol. The first-order valence-corrected chi connectivity index (χ1v) is 8.21. The quantitative estimate of drug-likeness (QED) is 0.700. The smallest absolute Gasteiger partial charge is 0.346 e. The maximum Gasteiger partial charge on any atom is 0.346 e. The molecule has 0 spiro atoms. The zero-order chi connectivity index (χ0) is 19.8. The molecule has 0 aliphatic heterocycles. The first kappa shape index (κ1) is 20.3. The molecule has 8 heteroatoms. The normalized spacial score (nSPS) is 11.7. The molecule has 144 valence electrons. The van der Waals surface area contributed by atoms with Crippen molar-refractivity contribution in [3.8, 4) is 5.75 Å². The van der Waals surface area contributed by atoms with Crippen molar-refractivity contribution in [2.45, 2.75) is 25.4 Å². The van der Waals surface area contributed by atoms with Crippen molar-refractivity contribution >= 4 is 11.9 Å². The molecule has 27 heavy (non-hydrogen) atoms. The van der Waals surface area contributed by atoms with E-state index in [0.29, 0.717) is 18.4 Å². The number of hydrogen-bond donors (Lipinski definition) is 2. The molecule has 0 saturated heterocycles. The summed E-state index contributed by atoms with van der Waals surface area (Å²) in [5.41, 5.74) is 0.560. The lowest BCUT2D eigenvalue weighted by Crippen LogP contribution is -2.40. The zero-order valence-corrected chi connectivity index (χ0v) is 14.3. The third kappa shape index (κ3) is 6.65. The highest BCUT2D eigenvalue weighted by atomic mass is 19.2. The van der Waals surface area contributed by atoms with Crippen LogP contribution in [0, 0.1) is 17.5 Å². The molecule has 5 nitrogen and oxygen atoms in total. The number of halogens is 3. The van der Waals surface area contributed by atoms with Gasteiger partial charge in [0.25, 0.3) is 0 Å². The number of carboxylic acid groups (broad SMARTS) is 1. The minimum absolute atomic E-state index is 0.0852. The molecule has 0 aromatic heterocycles. The number of benzene rings is 2. The summed E-state index contributed by atoms with van der Waals surface area (Å²) < 4.78 is 44.0. The number of rotatable bonds is 9. The predicted octanol–water partition coefficient (Wildman–Crippen LogP) is 3.08. The highest BCUT2D eigenvalue weighted by molar-refractivity contribution is 5.78. The number of ether oxygens (including phenoxy) is 1. The van der Waals surface area contributed by atoms with Gasteiger partial charge in [0.15, 0.2) is 11.6 Å². The van der Waals surface area contributed by atoms with E-state index in [9.17, 15) is 22.8 Å². The number of hydrogen-bond acceptors (Lipinski definition) is 3. The van der Waals surface area contributed by atoms with Gasteiger partial charge in [0.2, 0.25) is 12.0 Å². The van der Waals surface area contributed by atoms with Crippen LogP contribution in [0.5, 0.6) is 5.75 Å². The summed E-state index contributed by atoms with van der Waals surface area (Å²) in [5, 5.41) is 11.6. The lowest BCUT2D eigenvalue weighted by atomic mass is 10.1. The molecular weight excluding hydrogens is 363 g/mol. The summed E-state index contributed by atoms with van der Waals surface area (Å²) in [6.07, 6.45) is -0.486. The fourth-order valence-electron chi connectivity index (χ4n) is 2.30. The van der Waals surface area contributed by atoms with Gasteiger partial charge in [-0.2, -0.15) is 0 Å². The van der Waals surface area contributed by atoms with Crippen molar-refractivity contribution in [3.05, 3.63) is 65.5 Å². The van der Waals surface area contributed by atoms with Crippen molar-refractivity contribution < 1.29 is 32.6 Å². The summed E-state index contributed by atoms with van der Waals surface area (Å²) in [6.45, 7) is -0.267. The van der Waals surface area contributed by atoms with Gasteiger partial charge in [0.1, 0.15) is 11.6 Å². The van der Waals surface area contributed by atoms with Gasteiger partial charge in [-0.3, -0.25) is 4.79 Å². The Balaban J connectivity index is 1.77. The van der Waals surface area contributed by atoms with E-state index in [1.807, 2.05) is 0 Å². The van der Waals surface area contributed by atoms with Crippen molar-refractivity contribution in [2.75, 3.05) is 6.54 Å².